The average Bonchev–Trinajstić information content (AvgIpc) is 2.91. The van der Waals surface area contributed by atoms with Crippen LogP contribution in [0.2, 0.25) is 0 Å². The molecule has 1 aliphatic carbocycles. The SMILES string of the molecule is O=C(O)C1CCC2(CN(S(=O)(=O)c3cccc(C(F)(F)F)c3)c3ccccc3O2)C(c2cc(F)cc(OC(F)F)c2)C1. The first kappa shape index (κ1) is 29.5. The van der Waals surface area contributed by atoms with Gasteiger partial charge in [-0.25, -0.2) is 12.8 Å². The monoisotopic (exact) mass is 615 g/mol. The molecule has 224 valence electrons. The first-order chi connectivity index (χ1) is 19.7. The summed E-state index contributed by atoms with van der Waals surface area (Å²) in [6.45, 7) is -3.76. The number of fused-ring (bicyclic) bond motifs is 1. The van der Waals surface area contributed by atoms with Crippen molar-refractivity contribution in [1.29, 1.82) is 0 Å². The lowest BCUT2D eigenvalue weighted by atomic mass is 9.67. The number of carboxylic acids is 1. The van der Waals surface area contributed by atoms with Crippen molar-refractivity contribution in [3.05, 3.63) is 83.7 Å². The van der Waals surface area contributed by atoms with Crippen LogP contribution in [-0.4, -0.2) is 38.3 Å². The summed E-state index contributed by atoms with van der Waals surface area (Å²) in [7, 11) is -4.66. The number of hydrogen-bond acceptors (Lipinski definition) is 5. The van der Waals surface area contributed by atoms with E-state index in [-0.39, 0.29) is 36.3 Å². The zero-order valence-corrected chi connectivity index (χ0v) is 22.3. The van der Waals surface area contributed by atoms with Gasteiger partial charge in [-0.1, -0.05) is 18.2 Å². The topological polar surface area (TPSA) is 93.1 Å². The van der Waals surface area contributed by atoms with Gasteiger partial charge in [0.1, 0.15) is 22.9 Å². The van der Waals surface area contributed by atoms with Crippen LogP contribution in [-0.2, 0) is 21.0 Å². The summed E-state index contributed by atoms with van der Waals surface area (Å²) in [4.78, 5) is 11.3. The number of sulfonamides is 1. The first-order valence-corrected chi connectivity index (χ1v) is 14.1. The van der Waals surface area contributed by atoms with E-state index in [2.05, 4.69) is 4.74 Å². The van der Waals surface area contributed by atoms with Gasteiger partial charge >= 0.3 is 18.8 Å². The molecule has 0 bridgehead atoms. The van der Waals surface area contributed by atoms with E-state index < -0.39 is 74.8 Å². The fourth-order valence-corrected chi connectivity index (χ4v) is 7.22. The predicted octanol–water partition coefficient (Wildman–Crippen LogP) is 6.44. The normalized spacial score (nSPS) is 22.5. The van der Waals surface area contributed by atoms with Gasteiger partial charge in [0.05, 0.1) is 28.6 Å². The van der Waals surface area contributed by atoms with Crippen LogP contribution < -0.4 is 13.8 Å². The maximum atomic E-state index is 14.6. The molecule has 3 atom stereocenters. The number of para-hydroxylation sites is 2. The van der Waals surface area contributed by atoms with Gasteiger partial charge in [-0.05, 0) is 67.3 Å². The van der Waals surface area contributed by atoms with Gasteiger partial charge in [-0.2, -0.15) is 22.0 Å². The summed E-state index contributed by atoms with van der Waals surface area (Å²) >= 11 is 0. The Bertz CT molecular complexity index is 1610. The molecule has 2 aliphatic rings. The van der Waals surface area contributed by atoms with Crippen LogP contribution in [0, 0.1) is 11.7 Å². The molecule has 1 heterocycles. The minimum Gasteiger partial charge on any atom is -0.483 e. The zero-order valence-electron chi connectivity index (χ0n) is 21.5. The van der Waals surface area contributed by atoms with Crippen LogP contribution in [0.25, 0.3) is 0 Å². The van der Waals surface area contributed by atoms with Crippen molar-refractivity contribution >= 4 is 21.7 Å². The van der Waals surface area contributed by atoms with Crippen LogP contribution in [0.3, 0.4) is 0 Å². The maximum absolute atomic E-state index is 14.6. The summed E-state index contributed by atoms with van der Waals surface area (Å²) in [6, 6.07) is 12.0. The Balaban J connectivity index is 1.65. The highest BCUT2D eigenvalue weighted by Gasteiger charge is 2.53. The highest BCUT2D eigenvalue weighted by Crippen LogP contribution is 2.52. The smallest absolute Gasteiger partial charge is 0.416 e. The average molecular weight is 616 g/mol. The van der Waals surface area contributed by atoms with Gasteiger partial charge in [-0.3, -0.25) is 9.10 Å². The summed E-state index contributed by atoms with van der Waals surface area (Å²) in [5, 5.41) is 9.76. The van der Waals surface area contributed by atoms with Crippen molar-refractivity contribution in [2.45, 2.75) is 48.5 Å². The number of anilines is 1. The number of benzene rings is 3. The second-order valence-electron chi connectivity index (χ2n) is 10.1. The van der Waals surface area contributed by atoms with Crippen LogP contribution in [0.4, 0.5) is 32.0 Å². The van der Waals surface area contributed by atoms with Crippen molar-refractivity contribution in [1.82, 2.24) is 0 Å². The molecule has 3 unspecified atom stereocenters. The lowest BCUT2D eigenvalue weighted by Crippen LogP contribution is -2.58. The Morgan fingerprint density at radius 1 is 1.07 bits per heavy atom. The number of hydrogen-bond donors (Lipinski definition) is 1. The molecule has 1 saturated carbocycles. The summed E-state index contributed by atoms with van der Waals surface area (Å²) in [5.41, 5.74) is -2.66. The molecule has 1 spiro atoms. The van der Waals surface area contributed by atoms with E-state index in [9.17, 15) is 44.7 Å². The molecule has 7 nitrogen and oxygen atoms in total. The number of aliphatic carboxylic acids is 1. The van der Waals surface area contributed by atoms with E-state index in [0.717, 1.165) is 40.7 Å². The summed E-state index contributed by atoms with van der Waals surface area (Å²) < 4.78 is 120. The largest absolute Gasteiger partial charge is 0.483 e. The minimum absolute atomic E-state index is 0.0283. The lowest BCUT2D eigenvalue weighted by molar-refractivity contribution is -0.145. The van der Waals surface area contributed by atoms with E-state index in [0.29, 0.717) is 6.07 Å². The standard InChI is InChI=1S/C28H23F6NO6S/c29-19-10-17(11-20(14-19)40-26(30)31)22-12-16(25(36)37)8-9-27(22)15-35(23-6-1-2-7-24(23)41-27)42(38,39)21-5-3-4-18(13-21)28(32,33)34/h1-7,10-11,13-14,16,22,26H,8-9,12,15H2,(H,36,37). The Hall–Kier alpha value is -3.94. The van der Waals surface area contributed by atoms with Crippen molar-refractivity contribution in [2.75, 3.05) is 10.8 Å². The van der Waals surface area contributed by atoms with Crippen LogP contribution in [0.5, 0.6) is 11.5 Å². The van der Waals surface area contributed by atoms with Gasteiger partial charge in [-0.15, -0.1) is 0 Å². The van der Waals surface area contributed by atoms with Gasteiger partial charge in [0, 0.05) is 12.0 Å². The highest BCUT2D eigenvalue weighted by atomic mass is 32.2. The number of halogens is 6. The van der Waals surface area contributed by atoms with Crippen LogP contribution in [0.1, 0.15) is 36.3 Å². The molecule has 0 aromatic heterocycles. The second kappa shape index (κ2) is 10.7. The molecule has 1 aliphatic heterocycles. The summed E-state index contributed by atoms with van der Waals surface area (Å²) in [6.07, 6.45) is -5.02. The molecule has 3 aromatic rings. The molecule has 14 heteroatoms. The number of nitrogens with zero attached hydrogens (tertiary/aromatic N) is 1. The van der Waals surface area contributed by atoms with E-state index in [1.54, 1.807) is 6.07 Å². The number of rotatable bonds is 6. The van der Waals surface area contributed by atoms with Crippen molar-refractivity contribution < 1.29 is 54.1 Å². The summed E-state index contributed by atoms with van der Waals surface area (Å²) in [5.74, 6) is -4.62. The van der Waals surface area contributed by atoms with Gasteiger partial charge in [0.2, 0.25) is 0 Å². The Morgan fingerprint density at radius 3 is 2.50 bits per heavy atom. The zero-order chi connectivity index (χ0) is 30.4. The molecule has 42 heavy (non-hydrogen) atoms. The van der Waals surface area contributed by atoms with E-state index in [1.807, 2.05) is 0 Å². The van der Waals surface area contributed by atoms with Crippen molar-refractivity contribution in [2.24, 2.45) is 5.92 Å². The molecular formula is C28H23F6NO6S. The van der Waals surface area contributed by atoms with E-state index in [1.165, 1.54) is 18.2 Å². The van der Waals surface area contributed by atoms with Crippen LogP contribution >= 0.6 is 0 Å². The molecule has 3 aromatic carbocycles. The predicted molar refractivity (Wildman–Crippen MR) is 137 cm³/mol. The number of carbonyl (C=O) groups is 1. The van der Waals surface area contributed by atoms with Gasteiger partial charge in [0.15, 0.2) is 0 Å². The number of alkyl halides is 5. The maximum Gasteiger partial charge on any atom is 0.416 e. The van der Waals surface area contributed by atoms with Crippen molar-refractivity contribution in [3.63, 3.8) is 0 Å². The van der Waals surface area contributed by atoms with E-state index >= 15 is 0 Å². The lowest BCUT2D eigenvalue weighted by Gasteiger charge is -2.51. The molecule has 1 fully saturated rings. The fourth-order valence-electron chi connectivity index (χ4n) is 5.65. The minimum atomic E-state index is -4.81. The van der Waals surface area contributed by atoms with Crippen molar-refractivity contribution in [3.8, 4) is 11.5 Å². The highest BCUT2D eigenvalue weighted by molar-refractivity contribution is 7.92. The third-order valence-corrected chi connectivity index (χ3v) is 9.31. The molecule has 0 amide bonds. The molecule has 5 rings (SSSR count). The third kappa shape index (κ3) is 5.59. The van der Waals surface area contributed by atoms with Crippen LogP contribution in [0.15, 0.2) is 71.6 Å². The molecule has 1 N–H and O–H groups in total. The number of ether oxygens (including phenoxy) is 2. The third-order valence-electron chi connectivity index (χ3n) is 7.55. The second-order valence-corrected chi connectivity index (χ2v) is 12.0. The first-order valence-electron chi connectivity index (χ1n) is 12.7. The molecule has 0 radical (unpaired) electrons. The quantitative estimate of drug-likeness (QED) is 0.321. The van der Waals surface area contributed by atoms with Gasteiger partial charge < -0.3 is 14.6 Å². The Labute approximate surface area is 236 Å². The van der Waals surface area contributed by atoms with E-state index in [4.69, 9.17) is 4.74 Å². The fraction of sp³-hybridized carbons (Fsp3) is 0.321. The Morgan fingerprint density at radius 2 is 1.81 bits per heavy atom. The van der Waals surface area contributed by atoms with Gasteiger partial charge in [0.25, 0.3) is 10.0 Å². The molecule has 0 saturated heterocycles. The molecular weight excluding hydrogens is 592 g/mol. The Kier molecular flexibility index (Phi) is 7.54. The number of carboxylic acid groups (broad SMARTS) is 1.